The third-order valence-electron chi connectivity index (χ3n) is 9.50. The Morgan fingerprint density at radius 1 is 0.275 bits per heavy atom. The lowest BCUT2D eigenvalue weighted by Crippen LogP contribution is -2.20. The fraction of sp³-hybridized carbons (Fsp3) is 0.0667. The Morgan fingerprint density at radius 2 is 0.529 bits per heavy atom. The molecule has 0 atom stereocenters. The minimum Gasteiger partial charge on any atom is -0.313 e. The molecule has 0 unspecified atom stereocenters. The van der Waals surface area contributed by atoms with Crippen LogP contribution in [0.2, 0.25) is 0 Å². The van der Waals surface area contributed by atoms with Crippen molar-refractivity contribution >= 4 is 53.3 Å². The molecule has 0 fully saturated rings. The van der Waals surface area contributed by atoms with Crippen molar-refractivity contribution in [1.29, 1.82) is 0 Å². The molecule has 0 amide bonds. The molecule has 252 valence electrons. The maximum absolute atomic E-state index is 15.6. The maximum Gasteiger partial charge on any atom is 0.147 e. The molecule has 7 aromatic rings. The normalized spacial score (nSPS) is 12.0. The first-order valence-electron chi connectivity index (χ1n) is 17.1. The third-order valence-corrected chi connectivity index (χ3v) is 18.7. The van der Waals surface area contributed by atoms with Crippen LogP contribution < -0.4 is 31.8 Å². The Balaban J connectivity index is 1.40. The molecule has 0 spiro atoms. The van der Waals surface area contributed by atoms with Crippen molar-refractivity contribution in [3.05, 3.63) is 217 Å². The minimum absolute atomic E-state index is 0.231. The van der Waals surface area contributed by atoms with Gasteiger partial charge >= 0.3 is 0 Å². The van der Waals surface area contributed by atoms with Crippen molar-refractivity contribution in [3.8, 4) is 0 Å². The second-order valence-electron chi connectivity index (χ2n) is 12.8. The average Bonchev–Trinajstić information content (AvgIpc) is 3.20. The van der Waals surface area contributed by atoms with Crippen LogP contribution >= 0.6 is 21.4 Å². The number of rotatable bonds is 12. The van der Waals surface area contributed by atoms with Gasteiger partial charge in [-0.15, -0.1) is 0 Å². The number of benzene rings is 7. The van der Waals surface area contributed by atoms with Gasteiger partial charge in [0.25, 0.3) is 0 Å². The van der Waals surface area contributed by atoms with Crippen LogP contribution in [0.5, 0.6) is 0 Å². The predicted molar refractivity (Wildman–Crippen MR) is 217 cm³/mol. The topological polar surface area (TPSA) is 51.2 Å². The second kappa shape index (κ2) is 15.2. The van der Waals surface area contributed by atoms with Gasteiger partial charge in [-0.25, -0.2) is 0 Å². The zero-order chi connectivity index (χ0) is 35.2. The molecule has 3 nitrogen and oxygen atoms in total. The Kier molecular flexibility index (Phi) is 10.4. The highest BCUT2D eigenvalue weighted by molar-refractivity contribution is 7.79. The number of hydrogen-bond donors (Lipinski definition) is 0. The van der Waals surface area contributed by atoms with Gasteiger partial charge in [0.05, 0.1) is 0 Å². The Bertz CT molecular complexity index is 2220. The van der Waals surface area contributed by atoms with Crippen LogP contribution in [0.3, 0.4) is 0 Å². The van der Waals surface area contributed by atoms with Gasteiger partial charge in [-0.1, -0.05) is 200 Å². The van der Waals surface area contributed by atoms with Crippen molar-refractivity contribution in [2.24, 2.45) is 0 Å². The van der Waals surface area contributed by atoms with Crippen molar-refractivity contribution in [2.45, 2.75) is 18.5 Å². The van der Waals surface area contributed by atoms with E-state index in [2.05, 4.69) is 6.07 Å². The molecule has 51 heavy (non-hydrogen) atoms. The van der Waals surface area contributed by atoms with E-state index in [-0.39, 0.29) is 12.3 Å². The summed E-state index contributed by atoms with van der Waals surface area (Å²) in [4.78, 5) is 0. The summed E-state index contributed by atoms with van der Waals surface area (Å²) in [6.45, 7) is 0. The largest absolute Gasteiger partial charge is 0.313 e. The fourth-order valence-electron chi connectivity index (χ4n) is 6.82. The van der Waals surface area contributed by atoms with E-state index >= 15 is 13.7 Å². The SMILES string of the molecule is O=P(Cc1ccc(CP(=O)(c2ccccc2)c2ccccc2)c(CP(=O)(c2ccccc2)c2ccccc2)c1)(c1ccccc1)c1ccccc1. The van der Waals surface area contributed by atoms with Crippen molar-refractivity contribution < 1.29 is 13.7 Å². The number of hydrogen-bond acceptors (Lipinski definition) is 3. The third kappa shape index (κ3) is 7.35. The van der Waals surface area contributed by atoms with Gasteiger partial charge in [-0.2, -0.15) is 0 Å². The van der Waals surface area contributed by atoms with Gasteiger partial charge in [0, 0.05) is 50.3 Å². The van der Waals surface area contributed by atoms with Gasteiger partial charge in [0.15, 0.2) is 0 Å². The molecule has 0 N–H and O–H groups in total. The Hall–Kier alpha value is -4.77. The highest BCUT2D eigenvalue weighted by Crippen LogP contribution is 2.53. The molecule has 0 saturated carbocycles. The summed E-state index contributed by atoms with van der Waals surface area (Å²) in [6.07, 6.45) is 0.786. The van der Waals surface area contributed by atoms with Gasteiger partial charge in [0.2, 0.25) is 0 Å². The van der Waals surface area contributed by atoms with E-state index in [1.165, 1.54) is 0 Å². The van der Waals surface area contributed by atoms with Gasteiger partial charge in [-0.05, 0) is 16.7 Å². The summed E-state index contributed by atoms with van der Waals surface area (Å²) in [5, 5.41) is 4.66. The highest BCUT2D eigenvalue weighted by Gasteiger charge is 2.33. The lowest BCUT2D eigenvalue weighted by atomic mass is 10.1. The molecule has 0 heterocycles. The summed E-state index contributed by atoms with van der Waals surface area (Å²) >= 11 is 0. The molecular formula is C45H39O3P3. The predicted octanol–water partition coefficient (Wildman–Crippen LogP) is 9.23. The molecule has 0 aromatic heterocycles. The molecular weight excluding hydrogens is 681 g/mol. The fourth-order valence-corrected chi connectivity index (χ4v) is 15.0. The maximum atomic E-state index is 15.6. The minimum atomic E-state index is -3.23. The smallest absolute Gasteiger partial charge is 0.147 e. The van der Waals surface area contributed by atoms with E-state index in [1.807, 2.05) is 194 Å². The summed E-state index contributed by atoms with van der Waals surface area (Å²) in [6, 6.07) is 64.2. The lowest BCUT2D eigenvalue weighted by molar-refractivity contribution is 0.584. The first-order chi connectivity index (χ1) is 24.9. The summed E-state index contributed by atoms with van der Waals surface area (Å²) in [7, 11) is -9.52. The molecule has 6 heteroatoms. The van der Waals surface area contributed by atoms with Gasteiger partial charge in [0.1, 0.15) is 21.4 Å². The summed E-state index contributed by atoms with van der Waals surface area (Å²) in [5.41, 5.74) is 2.60. The molecule has 0 aliphatic heterocycles. The first-order valence-corrected chi connectivity index (χ1v) is 22.8. The molecule has 7 rings (SSSR count). The molecule has 0 aliphatic rings. The van der Waals surface area contributed by atoms with Crippen molar-refractivity contribution in [2.75, 3.05) is 0 Å². The van der Waals surface area contributed by atoms with Crippen LogP contribution in [0.4, 0.5) is 0 Å². The Morgan fingerprint density at radius 3 is 0.824 bits per heavy atom. The summed E-state index contributed by atoms with van der Waals surface area (Å²) < 4.78 is 46.2. The quantitative estimate of drug-likeness (QED) is 0.118. The van der Waals surface area contributed by atoms with Crippen LogP contribution in [0, 0.1) is 0 Å². The zero-order valence-electron chi connectivity index (χ0n) is 28.2. The van der Waals surface area contributed by atoms with E-state index in [0.717, 1.165) is 48.5 Å². The molecule has 0 radical (unpaired) electrons. The van der Waals surface area contributed by atoms with Crippen LogP contribution in [-0.2, 0) is 32.2 Å². The zero-order valence-corrected chi connectivity index (χ0v) is 30.9. The van der Waals surface area contributed by atoms with Crippen LogP contribution in [0.1, 0.15) is 16.7 Å². The second-order valence-corrected chi connectivity index (χ2v) is 21.3. The van der Waals surface area contributed by atoms with E-state index < -0.39 is 21.4 Å². The van der Waals surface area contributed by atoms with E-state index in [0.29, 0.717) is 6.16 Å². The van der Waals surface area contributed by atoms with Gasteiger partial charge in [-0.3, -0.25) is 0 Å². The Labute approximate surface area is 301 Å². The lowest BCUT2D eigenvalue weighted by Gasteiger charge is -2.25. The van der Waals surface area contributed by atoms with Crippen LogP contribution in [0.25, 0.3) is 0 Å². The standard InChI is InChI=1S/C45H39O3P3/c46-49(40-19-7-1-8-20-40,41-21-9-2-10-22-41)34-37-31-32-38(35-50(47,42-23-11-3-12-24-42)43-25-13-4-14-26-43)39(33-37)36-51(48,44-27-15-5-16-28-44)45-29-17-6-18-30-45/h1-33H,34-36H2. The molecule has 0 bridgehead atoms. The highest BCUT2D eigenvalue weighted by atomic mass is 31.2. The van der Waals surface area contributed by atoms with Crippen molar-refractivity contribution in [3.63, 3.8) is 0 Å². The van der Waals surface area contributed by atoms with E-state index in [9.17, 15) is 0 Å². The van der Waals surface area contributed by atoms with Gasteiger partial charge < -0.3 is 13.7 Å². The summed E-state index contributed by atoms with van der Waals surface area (Å²) in [5.74, 6) is 0. The monoisotopic (exact) mass is 720 g/mol. The molecule has 0 aliphatic carbocycles. The van der Waals surface area contributed by atoms with Crippen LogP contribution in [-0.4, -0.2) is 0 Å². The molecule has 0 saturated heterocycles. The van der Waals surface area contributed by atoms with E-state index in [4.69, 9.17) is 0 Å². The molecule has 7 aromatic carbocycles. The van der Waals surface area contributed by atoms with Crippen LogP contribution in [0.15, 0.2) is 200 Å². The first kappa shape index (κ1) is 34.7. The van der Waals surface area contributed by atoms with E-state index in [1.54, 1.807) is 0 Å². The van der Waals surface area contributed by atoms with Crippen molar-refractivity contribution in [1.82, 2.24) is 0 Å². The average molecular weight is 721 g/mol.